The van der Waals surface area contributed by atoms with Crippen molar-refractivity contribution in [3.63, 3.8) is 0 Å². The van der Waals surface area contributed by atoms with E-state index >= 15 is 0 Å². The summed E-state index contributed by atoms with van der Waals surface area (Å²) in [5, 5.41) is 17.7. The quantitative estimate of drug-likeness (QED) is 0.634. The van der Waals surface area contributed by atoms with E-state index in [4.69, 9.17) is 20.7 Å². The molecule has 4 N–H and O–H groups in total. The van der Waals surface area contributed by atoms with Crippen LogP contribution in [-0.4, -0.2) is 29.3 Å². The highest BCUT2D eigenvalue weighted by Gasteiger charge is 2.23. The van der Waals surface area contributed by atoms with Gasteiger partial charge >= 0.3 is 11.9 Å². The van der Waals surface area contributed by atoms with E-state index in [9.17, 15) is 9.59 Å². The molecule has 0 fully saturated rings. The Kier molecular flexibility index (Phi) is 2.80. The Balaban J connectivity index is 3.58. The minimum atomic E-state index is -1.40. The topological polar surface area (TPSA) is 110 Å². The van der Waals surface area contributed by atoms with Gasteiger partial charge in [-0.25, -0.2) is 9.59 Å². The number of benzene rings is 1. The first-order valence-corrected chi connectivity index (χ1v) is 3.92. The number of anilines is 1. The van der Waals surface area contributed by atoms with Crippen LogP contribution in [0.4, 0.5) is 5.69 Å². The van der Waals surface area contributed by atoms with Crippen molar-refractivity contribution < 1.29 is 24.5 Å². The van der Waals surface area contributed by atoms with E-state index in [1.54, 1.807) is 0 Å². The van der Waals surface area contributed by atoms with Gasteiger partial charge in [0.1, 0.15) is 16.9 Å². The van der Waals surface area contributed by atoms with Crippen LogP contribution in [-0.2, 0) is 0 Å². The van der Waals surface area contributed by atoms with Crippen LogP contribution in [0.2, 0.25) is 0 Å². The molecule has 0 aliphatic rings. The van der Waals surface area contributed by atoms with Gasteiger partial charge < -0.3 is 20.7 Å². The smallest absolute Gasteiger partial charge is 0.340 e. The van der Waals surface area contributed by atoms with Crippen LogP contribution in [0.1, 0.15) is 20.7 Å². The first-order chi connectivity index (χ1) is 6.99. The number of carbonyl (C=O) groups is 2. The Bertz CT molecular complexity index is 427. The number of ether oxygens (including phenoxy) is 1. The molecule has 0 saturated heterocycles. The van der Waals surface area contributed by atoms with Crippen molar-refractivity contribution in [2.45, 2.75) is 0 Å². The molecular formula is C9H9NO5. The van der Waals surface area contributed by atoms with Gasteiger partial charge in [0.15, 0.2) is 0 Å². The molecule has 0 atom stereocenters. The summed E-state index contributed by atoms with van der Waals surface area (Å²) < 4.78 is 4.75. The third-order valence-corrected chi connectivity index (χ3v) is 1.85. The average molecular weight is 211 g/mol. The zero-order valence-electron chi connectivity index (χ0n) is 7.85. The number of carboxylic acid groups (broad SMARTS) is 2. The molecular weight excluding hydrogens is 202 g/mol. The molecule has 0 amide bonds. The Morgan fingerprint density at radius 1 is 1.20 bits per heavy atom. The third-order valence-electron chi connectivity index (χ3n) is 1.85. The minimum Gasteiger partial charge on any atom is -0.496 e. The second-order valence-corrected chi connectivity index (χ2v) is 2.72. The van der Waals surface area contributed by atoms with E-state index in [0.717, 1.165) is 0 Å². The van der Waals surface area contributed by atoms with Gasteiger partial charge in [0.05, 0.1) is 7.11 Å². The summed E-state index contributed by atoms with van der Waals surface area (Å²) >= 11 is 0. The molecule has 0 saturated carbocycles. The Morgan fingerprint density at radius 2 is 1.73 bits per heavy atom. The van der Waals surface area contributed by atoms with Gasteiger partial charge in [-0.2, -0.15) is 0 Å². The van der Waals surface area contributed by atoms with Crippen molar-refractivity contribution >= 4 is 17.6 Å². The molecule has 15 heavy (non-hydrogen) atoms. The van der Waals surface area contributed by atoms with Gasteiger partial charge in [-0.1, -0.05) is 0 Å². The molecule has 0 aromatic heterocycles. The van der Waals surface area contributed by atoms with E-state index in [1.807, 2.05) is 0 Å². The van der Waals surface area contributed by atoms with Gasteiger partial charge in [0.25, 0.3) is 0 Å². The Morgan fingerprint density at radius 3 is 2.13 bits per heavy atom. The van der Waals surface area contributed by atoms with Crippen molar-refractivity contribution in [1.29, 1.82) is 0 Å². The van der Waals surface area contributed by atoms with Crippen LogP contribution in [0.25, 0.3) is 0 Å². The maximum absolute atomic E-state index is 10.9. The normalized spacial score (nSPS) is 9.67. The summed E-state index contributed by atoms with van der Waals surface area (Å²) in [4.78, 5) is 21.7. The molecule has 0 spiro atoms. The zero-order valence-corrected chi connectivity index (χ0v) is 7.85. The second kappa shape index (κ2) is 3.87. The van der Waals surface area contributed by atoms with E-state index in [0.29, 0.717) is 0 Å². The molecule has 0 aliphatic heterocycles. The van der Waals surface area contributed by atoms with E-state index in [1.165, 1.54) is 19.2 Å². The summed E-state index contributed by atoms with van der Waals surface area (Å²) in [5.41, 5.74) is 4.38. The highest BCUT2D eigenvalue weighted by molar-refractivity contribution is 6.07. The lowest BCUT2D eigenvalue weighted by Crippen LogP contribution is -2.12. The fraction of sp³-hybridized carbons (Fsp3) is 0.111. The predicted octanol–water partition coefficient (Wildman–Crippen LogP) is 0.674. The van der Waals surface area contributed by atoms with Crippen LogP contribution in [0, 0.1) is 0 Å². The first kappa shape index (κ1) is 10.8. The van der Waals surface area contributed by atoms with Crippen molar-refractivity contribution in [3.8, 4) is 5.75 Å². The monoisotopic (exact) mass is 211 g/mol. The summed E-state index contributed by atoms with van der Waals surface area (Å²) in [7, 11) is 1.25. The number of nitrogens with two attached hydrogens (primary N) is 1. The summed E-state index contributed by atoms with van der Waals surface area (Å²) in [5.74, 6) is -2.82. The number of aromatic carboxylic acids is 2. The molecule has 0 heterocycles. The van der Waals surface area contributed by atoms with Gasteiger partial charge in [0.2, 0.25) is 0 Å². The van der Waals surface area contributed by atoms with Crippen LogP contribution < -0.4 is 10.5 Å². The van der Waals surface area contributed by atoms with Gasteiger partial charge in [-0.05, 0) is 12.1 Å². The van der Waals surface area contributed by atoms with Crippen LogP contribution >= 0.6 is 0 Å². The molecule has 0 radical (unpaired) electrons. The maximum Gasteiger partial charge on any atom is 0.340 e. The lowest BCUT2D eigenvalue weighted by Gasteiger charge is -2.09. The number of carboxylic acids is 2. The number of hydrogen-bond donors (Lipinski definition) is 3. The van der Waals surface area contributed by atoms with E-state index < -0.39 is 23.1 Å². The number of methoxy groups -OCH3 is 1. The van der Waals surface area contributed by atoms with Crippen molar-refractivity contribution in [1.82, 2.24) is 0 Å². The zero-order chi connectivity index (χ0) is 11.6. The van der Waals surface area contributed by atoms with Gasteiger partial charge in [-0.3, -0.25) is 0 Å². The highest BCUT2D eigenvalue weighted by Crippen LogP contribution is 2.27. The van der Waals surface area contributed by atoms with E-state index in [-0.39, 0.29) is 11.4 Å². The summed E-state index contributed by atoms with van der Waals surface area (Å²) in [6.07, 6.45) is 0. The largest absolute Gasteiger partial charge is 0.496 e. The lowest BCUT2D eigenvalue weighted by atomic mass is 10.0. The average Bonchev–Trinajstić information content (AvgIpc) is 2.16. The third kappa shape index (κ3) is 1.83. The number of nitrogen functional groups attached to an aromatic ring is 1. The predicted molar refractivity (Wildman–Crippen MR) is 51.3 cm³/mol. The van der Waals surface area contributed by atoms with Crippen LogP contribution in [0.5, 0.6) is 5.75 Å². The molecule has 6 heteroatoms. The highest BCUT2D eigenvalue weighted by atomic mass is 16.5. The second-order valence-electron chi connectivity index (χ2n) is 2.72. The van der Waals surface area contributed by atoms with Crippen molar-refractivity contribution in [3.05, 3.63) is 23.3 Å². The standard InChI is InChI=1S/C9H9NO5/c1-15-5-3-2-4(10)6(8(11)12)7(5)9(13)14/h2-3H,10H2,1H3,(H,11,12)(H,13,14). The minimum absolute atomic E-state index is 0.0332. The summed E-state index contributed by atoms with van der Waals surface area (Å²) in [6, 6.07) is 2.60. The molecule has 0 unspecified atom stereocenters. The van der Waals surface area contributed by atoms with E-state index in [2.05, 4.69) is 0 Å². The van der Waals surface area contributed by atoms with Gasteiger partial charge in [0, 0.05) is 5.69 Å². The molecule has 0 bridgehead atoms. The van der Waals surface area contributed by atoms with Crippen molar-refractivity contribution in [2.75, 3.05) is 12.8 Å². The molecule has 1 rings (SSSR count). The summed E-state index contributed by atoms with van der Waals surface area (Å²) in [6.45, 7) is 0. The number of hydrogen-bond acceptors (Lipinski definition) is 4. The Labute approximate surface area is 84.9 Å². The Hall–Kier alpha value is -2.24. The maximum atomic E-state index is 10.9. The van der Waals surface area contributed by atoms with Crippen LogP contribution in [0.15, 0.2) is 12.1 Å². The van der Waals surface area contributed by atoms with Crippen LogP contribution in [0.3, 0.4) is 0 Å². The van der Waals surface area contributed by atoms with Crippen molar-refractivity contribution in [2.24, 2.45) is 0 Å². The lowest BCUT2D eigenvalue weighted by molar-refractivity contribution is 0.0649. The number of rotatable bonds is 3. The van der Waals surface area contributed by atoms with Gasteiger partial charge in [-0.15, -0.1) is 0 Å². The molecule has 6 nitrogen and oxygen atoms in total. The molecule has 1 aromatic rings. The molecule has 0 aliphatic carbocycles. The SMILES string of the molecule is COc1ccc(N)c(C(=O)O)c1C(=O)O. The fourth-order valence-corrected chi connectivity index (χ4v) is 1.21. The fourth-order valence-electron chi connectivity index (χ4n) is 1.21. The first-order valence-electron chi connectivity index (χ1n) is 3.92. The molecule has 80 valence electrons. The molecule has 1 aromatic carbocycles.